The van der Waals surface area contributed by atoms with Crippen molar-refractivity contribution in [3.63, 3.8) is 0 Å². The Labute approximate surface area is 178 Å². The van der Waals surface area contributed by atoms with E-state index >= 15 is 0 Å². The summed E-state index contributed by atoms with van der Waals surface area (Å²) in [7, 11) is 1.68. The van der Waals surface area contributed by atoms with Crippen LogP contribution in [-0.4, -0.2) is 21.6 Å². The second-order valence-corrected chi connectivity index (χ2v) is 7.65. The number of rotatable bonds is 6. The molecule has 0 spiro atoms. The molecule has 2 aromatic carbocycles. The summed E-state index contributed by atoms with van der Waals surface area (Å²) < 4.78 is 22.5. The predicted octanol–water partition coefficient (Wildman–Crippen LogP) is 5.35. The van der Waals surface area contributed by atoms with Gasteiger partial charge in [0, 0.05) is 43.0 Å². The van der Waals surface area contributed by atoms with Crippen LogP contribution in [0.15, 0.2) is 54.9 Å². The predicted molar refractivity (Wildman–Crippen MR) is 116 cm³/mol. The average molecular weight is 413 g/mol. The Kier molecular flexibility index (Phi) is 4.75. The lowest BCUT2D eigenvalue weighted by atomic mass is 10.1. The van der Waals surface area contributed by atoms with E-state index < -0.39 is 0 Å². The van der Waals surface area contributed by atoms with Gasteiger partial charge in [0.2, 0.25) is 0 Å². The Morgan fingerprint density at radius 2 is 2.00 bits per heavy atom. The van der Waals surface area contributed by atoms with Crippen LogP contribution in [0.3, 0.4) is 0 Å². The van der Waals surface area contributed by atoms with Gasteiger partial charge in [-0.15, -0.1) is 0 Å². The number of hydrogen-bond acceptors (Lipinski definition) is 5. The third-order valence-electron chi connectivity index (χ3n) is 5.55. The van der Waals surface area contributed by atoms with Crippen LogP contribution in [0.1, 0.15) is 18.4 Å². The molecule has 0 radical (unpaired) electrons. The number of nitrogens with zero attached hydrogens (tertiary/aromatic N) is 4. The molecule has 0 bridgehead atoms. The lowest BCUT2D eigenvalue weighted by molar-refractivity contribution is 0.442. The van der Waals surface area contributed by atoms with Gasteiger partial charge >= 0.3 is 6.01 Å². The van der Waals surface area contributed by atoms with Crippen molar-refractivity contribution in [2.75, 3.05) is 12.4 Å². The number of hydrogen-bond donors (Lipinski definition) is 1. The van der Waals surface area contributed by atoms with Gasteiger partial charge in [-0.3, -0.25) is 0 Å². The summed E-state index contributed by atoms with van der Waals surface area (Å²) in [5, 5.41) is 13.7. The van der Waals surface area contributed by atoms with Gasteiger partial charge in [-0.1, -0.05) is 6.07 Å². The lowest BCUT2D eigenvalue weighted by Gasteiger charge is -2.12. The Morgan fingerprint density at radius 3 is 2.68 bits per heavy atom. The minimum absolute atomic E-state index is 0.257. The van der Waals surface area contributed by atoms with Gasteiger partial charge in [-0.2, -0.15) is 5.26 Å². The molecule has 7 heteroatoms. The molecule has 0 atom stereocenters. The summed E-state index contributed by atoms with van der Waals surface area (Å²) in [5.41, 5.74) is 3.25. The van der Waals surface area contributed by atoms with Crippen molar-refractivity contribution in [1.29, 1.82) is 5.26 Å². The Balaban J connectivity index is 1.68. The summed E-state index contributed by atoms with van der Waals surface area (Å²) in [4.78, 5) is 8.21. The highest BCUT2D eigenvalue weighted by atomic mass is 19.1. The van der Waals surface area contributed by atoms with Crippen molar-refractivity contribution in [3.05, 3.63) is 66.2 Å². The second-order valence-electron chi connectivity index (χ2n) is 7.65. The van der Waals surface area contributed by atoms with Crippen LogP contribution in [0.25, 0.3) is 22.2 Å². The van der Waals surface area contributed by atoms with Crippen LogP contribution in [0.2, 0.25) is 0 Å². The van der Waals surface area contributed by atoms with Crippen LogP contribution < -0.4 is 10.1 Å². The molecule has 1 aliphatic rings. The number of ether oxygens (including phenoxy) is 1. The SMILES string of the molecule is CNc1ccc(-c2c(C#N)c3ccc(Oc4ncccn4)cc3n2CC2CC2)cc1F. The van der Waals surface area contributed by atoms with Crippen LogP contribution in [-0.2, 0) is 6.54 Å². The first-order chi connectivity index (χ1) is 15.2. The standard InChI is InChI=1S/C24H20FN5O/c1-27-21-8-5-16(11-20(21)25)23-19(13-26)18-7-6-17(31-24-28-9-2-10-29-24)12-22(18)30(23)14-15-3-4-15/h2,5-12,15,27H,3-4,14H2,1H3. The zero-order valence-electron chi connectivity index (χ0n) is 17.0. The summed E-state index contributed by atoms with van der Waals surface area (Å²) in [6.07, 6.45) is 5.54. The van der Waals surface area contributed by atoms with Crippen LogP contribution in [0.5, 0.6) is 11.8 Å². The van der Waals surface area contributed by atoms with E-state index in [-0.39, 0.29) is 11.8 Å². The molecule has 0 amide bonds. The number of nitrogens with one attached hydrogen (secondary N) is 1. The zero-order valence-corrected chi connectivity index (χ0v) is 17.0. The van der Waals surface area contributed by atoms with Crippen molar-refractivity contribution in [1.82, 2.24) is 14.5 Å². The number of anilines is 1. The van der Waals surface area contributed by atoms with Crippen molar-refractivity contribution in [2.24, 2.45) is 5.92 Å². The summed E-state index contributed by atoms with van der Waals surface area (Å²) >= 11 is 0. The Bertz CT molecular complexity index is 1310. The fourth-order valence-electron chi connectivity index (χ4n) is 3.86. The fraction of sp³-hybridized carbons (Fsp3) is 0.208. The third-order valence-corrected chi connectivity index (χ3v) is 5.55. The molecule has 0 saturated heterocycles. The maximum absolute atomic E-state index is 14.6. The first-order valence-electron chi connectivity index (χ1n) is 10.2. The van der Waals surface area contributed by atoms with Gasteiger partial charge in [-0.05, 0) is 49.1 Å². The van der Waals surface area contributed by atoms with Crippen LogP contribution >= 0.6 is 0 Å². The molecule has 31 heavy (non-hydrogen) atoms. The highest BCUT2D eigenvalue weighted by molar-refractivity contribution is 5.95. The van der Waals surface area contributed by atoms with E-state index in [1.807, 2.05) is 18.2 Å². The van der Waals surface area contributed by atoms with E-state index in [0.29, 0.717) is 28.5 Å². The average Bonchev–Trinajstić information content (AvgIpc) is 3.56. The normalized spacial score (nSPS) is 13.2. The monoisotopic (exact) mass is 413 g/mol. The molecule has 2 heterocycles. The molecule has 1 fully saturated rings. The largest absolute Gasteiger partial charge is 0.424 e. The van der Waals surface area contributed by atoms with Crippen molar-refractivity contribution < 1.29 is 9.13 Å². The Morgan fingerprint density at radius 1 is 1.19 bits per heavy atom. The first-order valence-corrected chi connectivity index (χ1v) is 10.2. The summed E-state index contributed by atoms with van der Waals surface area (Å²) in [6.45, 7) is 0.772. The van der Waals surface area contributed by atoms with Crippen molar-refractivity contribution in [2.45, 2.75) is 19.4 Å². The Hall–Kier alpha value is -3.92. The van der Waals surface area contributed by atoms with E-state index in [2.05, 4.69) is 25.9 Å². The maximum atomic E-state index is 14.6. The summed E-state index contributed by atoms with van der Waals surface area (Å²) in [5.74, 6) is 0.794. The van der Waals surface area contributed by atoms with Crippen LogP contribution in [0.4, 0.5) is 10.1 Å². The van der Waals surface area contributed by atoms with Crippen molar-refractivity contribution >= 4 is 16.6 Å². The highest BCUT2D eigenvalue weighted by Gasteiger charge is 2.27. The van der Waals surface area contributed by atoms with Gasteiger partial charge in [0.1, 0.15) is 17.6 Å². The van der Waals surface area contributed by atoms with Crippen LogP contribution in [0, 0.1) is 23.1 Å². The van der Waals surface area contributed by atoms with E-state index in [1.54, 1.807) is 37.6 Å². The zero-order chi connectivity index (χ0) is 21.4. The topological polar surface area (TPSA) is 75.8 Å². The second kappa shape index (κ2) is 7.73. The molecule has 1 N–H and O–H groups in total. The molecule has 4 aromatic rings. The molecule has 2 aromatic heterocycles. The molecular weight excluding hydrogens is 393 g/mol. The van der Waals surface area contributed by atoms with E-state index in [4.69, 9.17) is 4.74 Å². The molecule has 5 rings (SSSR count). The minimum Gasteiger partial charge on any atom is -0.424 e. The van der Waals surface area contributed by atoms with Gasteiger partial charge in [0.05, 0.1) is 22.5 Å². The number of halogens is 1. The molecule has 154 valence electrons. The highest BCUT2D eigenvalue weighted by Crippen LogP contribution is 2.40. The lowest BCUT2D eigenvalue weighted by Crippen LogP contribution is -2.03. The van der Waals surface area contributed by atoms with Gasteiger partial charge in [-0.25, -0.2) is 14.4 Å². The molecular formula is C24H20FN5O. The van der Waals surface area contributed by atoms with Gasteiger partial charge in [0.25, 0.3) is 0 Å². The molecule has 6 nitrogen and oxygen atoms in total. The number of nitriles is 1. The van der Waals surface area contributed by atoms with Gasteiger partial charge in [0.15, 0.2) is 0 Å². The number of benzene rings is 2. The van der Waals surface area contributed by atoms with E-state index in [0.717, 1.165) is 36.0 Å². The number of fused-ring (bicyclic) bond motifs is 1. The molecule has 1 aliphatic carbocycles. The molecule has 1 saturated carbocycles. The molecule has 0 aliphatic heterocycles. The van der Waals surface area contributed by atoms with E-state index in [9.17, 15) is 9.65 Å². The first kappa shape index (κ1) is 19.1. The quantitative estimate of drug-likeness (QED) is 0.461. The third kappa shape index (κ3) is 3.57. The molecule has 0 unspecified atom stereocenters. The van der Waals surface area contributed by atoms with Gasteiger partial charge < -0.3 is 14.6 Å². The smallest absolute Gasteiger partial charge is 0.321 e. The van der Waals surface area contributed by atoms with E-state index in [1.165, 1.54) is 6.07 Å². The number of aromatic nitrogens is 3. The summed E-state index contributed by atoms with van der Waals surface area (Å²) in [6, 6.07) is 14.9. The fourth-order valence-corrected chi connectivity index (χ4v) is 3.86. The van der Waals surface area contributed by atoms with Crippen molar-refractivity contribution in [3.8, 4) is 29.1 Å². The minimum atomic E-state index is -0.350. The maximum Gasteiger partial charge on any atom is 0.321 e.